The number of aromatic amines is 1. The third-order valence-corrected chi connectivity index (χ3v) is 8.05. The zero-order chi connectivity index (χ0) is 25.9. The van der Waals surface area contributed by atoms with Gasteiger partial charge >= 0.3 is 0 Å². The number of aromatic nitrogens is 2. The molecule has 1 aromatic rings. The number of nitrogens with one attached hydrogen (secondary N) is 1. The predicted molar refractivity (Wildman–Crippen MR) is 161 cm³/mol. The first-order chi connectivity index (χ1) is 17.7. The fourth-order valence-corrected chi connectivity index (χ4v) is 5.56. The maximum absolute atomic E-state index is 3.51. The van der Waals surface area contributed by atoms with E-state index in [9.17, 15) is 0 Å². The molecule has 0 aromatic carbocycles. The minimum atomic E-state index is 0.887. The zero-order valence-electron chi connectivity index (χ0n) is 25.3. The van der Waals surface area contributed by atoms with Crippen molar-refractivity contribution in [2.45, 2.75) is 194 Å². The Morgan fingerprint density at radius 2 is 0.972 bits per heavy atom. The fraction of sp³-hybridized carbons (Fsp3) is 0.912. The van der Waals surface area contributed by atoms with E-state index in [4.69, 9.17) is 0 Å². The molecule has 2 heteroatoms. The molecule has 2 nitrogen and oxygen atoms in total. The molecule has 0 radical (unpaired) electrons. The van der Waals surface area contributed by atoms with Crippen molar-refractivity contribution in [1.82, 2.24) is 4.98 Å². The molecular formula is C34H67N2+. The van der Waals surface area contributed by atoms with Gasteiger partial charge in [0.1, 0.15) is 12.4 Å². The monoisotopic (exact) mass is 504 g/mol. The van der Waals surface area contributed by atoms with Gasteiger partial charge in [-0.05, 0) is 25.2 Å². The van der Waals surface area contributed by atoms with Gasteiger partial charge in [-0.2, -0.15) is 0 Å². The van der Waals surface area contributed by atoms with Crippen LogP contribution in [0.15, 0.2) is 12.4 Å². The molecule has 0 bridgehead atoms. The number of H-pyrrole nitrogens is 1. The van der Waals surface area contributed by atoms with Crippen LogP contribution >= 0.6 is 0 Å². The molecular weight excluding hydrogens is 436 g/mol. The number of rotatable bonds is 28. The van der Waals surface area contributed by atoms with E-state index in [0.717, 1.165) is 5.92 Å². The first-order valence-electron chi connectivity index (χ1n) is 16.8. The summed E-state index contributed by atoms with van der Waals surface area (Å²) in [6.07, 6.45) is 41.5. The summed E-state index contributed by atoms with van der Waals surface area (Å²) in [4.78, 5) is 3.51. The average molecular weight is 504 g/mol. The van der Waals surface area contributed by atoms with E-state index in [0.29, 0.717) is 0 Å². The topological polar surface area (TPSA) is 19.7 Å². The number of imidazole rings is 1. The second-order valence-corrected chi connectivity index (χ2v) is 12.2. The molecule has 36 heavy (non-hydrogen) atoms. The summed E-state index contributed by atoms with van der Waals surface area (Å²) >= 11 is 0. The summed E-state index contributed by atoms with van der Waals surface area (Å²) in [5.41, 5.74) is 0. The molecule has 1 rings (SSSR count). The Hall–Kier alpha value is -0.790. The molecule has 0 spiro atoms. The fourth-order valence-electron chi connectivity index (χ4n) is 5.56. The molecule has 1 N–H and O–H groups in total. The molecule has 0 unspecified atom stereocenters. The van der Waals surface area contributed by atoms with Crippen LogP contribution < -0.4 is 4.57 Å². The van der Waals surface area contributed by atoms with E-state index in [2.05, 4.69) is 42.7 Å². The predicted octanol–water partition coefficient (Wildman–Crippen LogP) is 11.3. The van der Waals surface area contributed by atoms with Crippen LogP contribution in [0.1, 0.15) is 187 Å². The highest BCUT2D eigenvalue weighted by Crippen LogP contribution is 2.15. The third kappa shape index (κ3) is 21.3. The van der Waals surface area contributed by atoms with Gasteiger partial charge in [0.25, 0.3) is 5.82 Å². The van der Waals surface area contributed by atoms with E-state index >= 15 is 0 Å². The van der Waals surface area contributed by atoms with Crippen molar-refractivity contribution < 1.29 is 4.57 Å². The van der Waals surface area contributed by atoms with Gasteiger partial charge in [-0.1, -0.05) is 162 Å². The van der Waals surface area contributed by atoms with E-state index in [1.165, 1.54) is 179 Å². The molecule has 0 aliphatic rings. The molecule has 212 valence electrons. The van der Waals surface area contributed by atoms with Crippen molar-refractivity contribution in [1.29, 1.82) is 0 Å². The third-order valence-electron chi connectivity index (χ3n) is 8.05. The summed E-state index contributed by atoms with van der Waals surface area (Å²) < 4.78 is 2.49. The molecule has 0 atom stereocenters. The van der Waals surface area contributed by atoms with Crippen LogP contribution in [0.3, 0.4) is 0 Å². The van der Waals surface area contributed by atoms with Crippen molar-refractivity contribution in [2.75, 3.05) is 0 Å². The van der Waals surface area contributed by atoms with Crippen molar-refractivity contribution >= 4 is 0 Å². The Labute approximate surface area is 227 Å². The summed E-state index contributed by atoms with van der Waals surface area (Å²) in [6.45, 7) is 8.19. The van der Waals surface area contributed by atoms with Crippen molar-refractivity contribution in [3.63, 3.8) is 0 Å². The van der Waals surface area contributed by atoms with Crippen molar-refractivity contribution in [3.05, 3.63) is 18.2 Å². The van der Waals surface area contributed by atoms with Gasteiger partial charge in [0.15, 0.2) is 0 Å². The smallest absolute Gasteiger partial charge is 0.248 e. The first kappa shape index (κ1) is 33.2. The maximum atomic E-state index is 3.51. The minimum absolute atomic E-state index is 0.887. The van der Waals surface area contributed by atoms with Crippen LogP contribution in [0.5, 0.6) is 0 Å². The Balaban J connectivity index is 1.86. The SMILES string of the molecule is CCCCCCCCCCCCCC[n+]1cc[nH]c1CCCCCCCCCCCCCCC(C)C. The second kappa shape index (κ2) is 25.8. The van der Waals surface area contributed by atoms with Crippen LogP contribution in [-0.2, 0) is 13.0 Å². The normalized spacial score (nSPS) is 11.7. The highest BCUT2D eigenvalue weighted by atomic mass is 15.1. The Morgan fingerprint density at radius 1 is 0.556 bits per heavy atom. The van der Waals surface area contributed by atoms with Crippen LogP contribution in [-0.4, -0.2) is 4.98 Å². The quantitative estimate of drug-likeness (QED) is 0.0866. The van der Waals surface area contributed by atoms with Gasteiger partial charge in [-0.3, -0.25) is 0 Å². The standard InChI is InChI=1S/C34H66N2/c1-4-5-6-7-8-9-10-15-18-21-24-27-31-36-32-30-35-34(36)29-26-23-20-17-14-12-11-13-16-19-22-25-28-33(2)3/h30,32-33H,4-29,31H2,1-3H3/p+1. The molecule has 0 saturated heterocycles. The number of aryl methyl sites for hydroxylation is 2. The lowest BCUT2D eigenvalue weighted by molar-refractivity contribution is -0.703. The Bertz CT molecular complexity index is 547. The Morgan fingerprint density at radius 3 is 1.44 bits per heavy atom. The zero-order valence-corrected chi connectivity index (χ0v) is 25.3. The van der Waals surface area contributed by atoms with E-state index in [1.807, 2.05) is 0 Å². The number of nitrogens with zero attached hydrogens (tertiary/aromatic N) is 1. The minimum Gasteiger partial charge on any atom is -0.248 e. The lowest BCUT2D eigenvalue weighted by Gasteiger charge is -2.05. The van der Waals surface area contributed by atoms with E-state index in [1.54, 1.807) is 0 Å². The summed E-state index contributed by atoms with van der Waals surface area (Å²) in [5, 5.41) is 0. The van der Waals surface area contributed by atoms with Crippen LogP contribution in [0.4, 0.5) is 0 Å². The molecule has 0 saturated carbocycles. The lowest BCUT2D eigenvalue weighted by Crippen LogP contribution is -2.36. The lowest BCUT2D eigenvalue weighted by atomic mass is 10.0. The Kier molecular flexibility index (Phi) is 23.9. The van der Waals surface area contributed by atoms with E-state index < -0.39 is 0 Å². The average Bonchev–Trinajstić information content (AvgIpc) is 3.31. The van der Waals surface area contributed by atoms with E-state index in [-0.39, 0.29) is 0 Å². The second-order valence-electron chi connectivity index (χ2n) is 12.2. The molecule has 0 aliphatic carbocycles. The highest BCUT2D eigenvalue weighted by molar-refractivity contribution is 4.77. The number of hydrogen-bond acceptors (Lipinski definition) is 0. The van der Waals surface area contributed by atoms with Crippen LogP contribution in [0.2, 0.25) is 0 Å². The highest BCUT2D eigenvalue weighted by Gasteiger charge is 2.09. The van der Waals surface area contributed by atoms with Gasteiger partial charge in [0, 0.05) is 6.42 Å². The largest absolute Gasteiger partial charge is 0.254 e. The summed E-state index contributed by atoms with van der Waals surface area (Å²) in [5.74, 6) is 2.34. The van der Waals surface area contributed by atoms with Gasteiger partial charge in [0.05, 0.1) is 6.54 Å². The number of unbranched alkanes of at least 4 members (excludes halogenated alkanes) is 22. The van der Waals surface area contributed by atoms with Crippen LogP contribution in [0.25, 0.3) is 0 Å². The maximum Gasteiger partial charge on any atom is 0.254 e. The van der Waals surface area contributed by atoms with Crippen LogP contribution in [0, 0.1) is 5.92 Å². The molecule has 1 heterocycles. The molecule has 0 aliphatic heterocycles. The van der Waals surface area contributed by atoms with Gasteiger partial charge in [-0.25, -0.2) is 9.55 Å². The van der Waals surface area contributed by atoms with Crippen molar-refractivity contribution in [2.24, 2.45) is 5.92 Å². The number of hydrogen-bond donors (Lipinski definition) is 1. The summed E-state index contributed by atoms with van der Waals surface area (Å²) in [7, 11) is 0. The van der Waals surface area contributed by atoms with Gasteiger partial charge in [-0.15, -0.1) is 0 Å². The molecule has 0 fully saturated rings. The first-order valence-corrected chi connectivity index (χ1v) is 16.8. The molecule has 0 amide bonds. The summed E-state index contributed by atoms with van der Waals surface area (Å²) in [6, 6.07) is 0. The molecule has 1 aromatic heterocycles. The van der Waals surface area contributed by atoms with Crippen molar-refractivity contribution in [3.8, 4) is 0 Å². The van der Waals surface area contributed by atoms with Gasteiger partial charge < -0.3 is 0 Å². The van der Waals surface area contributed by atoms with Gasteiger partial charge in [0.2, 0.25) is 0 Å².